The average molecular weight is 277 g/mol. The highest BCUT2D eigenvalue weighted by Crippen LogP contribution is 2.30. The molecule has 0 bridgehead atoms. The molecule has 1 fully saturated rings. The van der Waals surface area contributed by atoms with Crippen molar-refractivity contribution in [1.29, 1.82) is 0 Å². The molecule has 104 valence electrons. The molecule has 0 aromatic carbocycles. The van der Waals surface area contributed by atoms with Crippen LogP contribution in [0.5, 0.6) is 0 Å². The second-order valence-electron chi connectivity index (χ2n) is 6.17. The van der Waals surface area contributed by atoms with Crippen molar-refractivity contribution in [2.24, 2.45) is 11.1 Å². The molecule has 1 aromatic heterocycles. The van der Waals surface area contributed by atoms with Gasteiger partial charge in [-0.1, -0.05) is 32.1 Å². The van der Waals surface area contributed by atoms with E-state index >= 15 is 0 Å². The Bertz CT molecular complexity index is 456. The van der Waals surface area contributed by atoms with Gasteiger partial charge in [0, 0.05) is 12.7 Å². The van der Waals surface area contributed by atoms with Crippen molar-refractivity contribution in [1.82, 2.24) is 9.88 Å². The third-order valence-corrected chi connectivity index (χ3v) is 4.14. The second-order valence-corrected chi connectivity index (χ2v) is 6.61. The number of nitrogens with zero attached hydrogens (tertiary/aromatic N) is 2. The van der Waals surface area contributed by atoms with Crippen LogP contribution in [0.15, 0.2) is 18.3 Å². The SMILES string of the molecule is CC1(C)CCCN(Cc2cccnc2C(N)=S)CC1. The zero-order valence-corrected chi connectivity index (χ0v) is 12.7. The number of rotatable bonds is 3. The Labute approximate surface area is 121 Å². The van der Waals surface area contributed by atoms with Gasteiger partial charge in [0.2, 0.25) is 0 Å². The molecule has 2 rings (SSSR count). The molecule has 0 aliphatic carbocycles. The van der Waals surface area contributed by atoms with E-state index < -0.39 is 0 Å². The van der Waals surface area contributed by atoms with Crippen LogP contribution in [0.4, 0.5) is 0 Å². The lowest BCUT2D eigenvalue weighted by Crippen LogP contribution is -2.27. The fourth-order valence-electron chi connectivity index (χ4n) is 2.67. The van der Waals surface area contributed by atoms with Crippen LogP contribution in [0, 0.1) is 5.41 Å². The number of hydrogen-bond acceptors (Lipinski definition) is 3. The Balaban J connectivity index is 2.07. The van der Waals surface area contributed by atoms with Crippen molar-refractivity contribution in [3.63, 3.8) is 0 Å². The zero-order valence-electron chi connectivity index (χ0n) is 11.9. The molecule has 0 atom stereocenters. The average Bonchev–Trinajstić information content (AvgIpc) is 2.51. The van der Waals surface area contributed by atoms with Gasteiger partial charge in [-0.3, -0.25) is 9.88 Å². The van der Waals surface area contributed by atoms with E-state index in [1.807, 2.05) is 6.07 Å². The van der Waals surface area contributed by atoms with E-state index in [1.165, 1.54) is 19.3 Å². The highest BCUT2D eigenvalue weighted by atomic mass is 32.1. The summed E-state index contributed by atoms with van der Waals surface area (Å²) in [5.74, 6) is 0. The van der Waals surface area contributed by atoms with Crippen LogP contribution in [0.1, 0.15) is 44.4 Å². The minimum Gasteiger partial charge on any atom is -0.388 e. The summed E-state index contributed by atoms with van der Waals surface area (Å²) in [6.45, 7) is 7.91. The molecule has 4 heteroatoms. The van der Waals surface area contributed by atoms with Gasteiger partial charge >= 0.3 is 0 Å². The lowest BCUT2D eigenvalue weighted by Gasteiger charge is -2.23. The molecule has 1 saturated heterocycles. The Morgan fingerprint density at radius 1 is 1.42 bits per heavy atom. The first-order valence-electron chi connectivity index (χ1n) is 6.94. The van der Waals surface area contributed by atoms with E-state index in [-0.39, 0.29) is 0 Å². The first-order chi connectivity index (χ1) is 8.98. The van der Waals surface area contributed by atoms with E-state index in [4.69, 9.17) is 18.0 Å². The molecule has 2 heterocycles. The van der Waals surface area contributed by atoms with E-state index in [0.717, 1.165) is 30.9 Å². The number of hydrogen-bond donors (Lipinski definition) is 1. The van der Waals surface area contributed by atoms with Crippen LogP contribution < -0.4 is 5.73 Å². The molecule has 2 N–H and O–H groups in total. The first kappa shape index (κ1) is 14.4. The predicted octanol–water partition coefficient (Wildman–Crippen LogP) is 2.73. The van der Waals surface area contributed by atoms with Crippen LogP contribution in [0.2, 0.25) is 0 Å². The van der Waals surface area contributed by atoms with Gasteiger partial charge in [-0.05, 0) is 49.4 Å². The summed E-state index contributed by atoms with van der Waals surface area (Å²) >= 11 is 5.08. The van der Waals surface area contributed by atoms with E-state index in [0.29, 0.717) is 10.4 Å². The number of pyridine rings is 1. The van der Waals surface area contributed by atoms with Gasteiger partial charge < -0.3 is 5.73 Å². The van der Waals surface area contributed by atoms with Gasteiger partial charge in [-0.15, -0.1) is 0 Å². The molecule has 3 nitrogen and oxygen atoms in total. The van der Waals surface area contributed by atoms with Gasteiger partial charge in [-0.2, -0.15) is 0 Å². The van der Waals surface area contributed by atoms with Crippen molar-refractivity contribution in [3.8, 4) is 0 Å². The minimum absolute atomic E-state index is 0.394. The molecule has 1 aromatic rings. The standard InChI is InChI=1S/C15H23N3S/c1-15(2)6-4-9-18(10-7-15)11-12-5-3-8-17-13(12)14(16)19/h3,5,8H,4,6-7,9-11H2,1-2H3,(H2,16,19). The topological polar surface area (TPSA) is 42.2 Å². The third kappa shape index (κ3) is 3.98. The van der Waals surface area contributed by atoms with Crippen molar-refractivity contribution in [2.75, 3.05) is 13.1 Å². The number of thiocarbonyl (C=S) groups is 1. The van der Waals surface area contributed by atoms with Gasteiger partial charge in [0.05, 0.1) is 0 Å². The lowest BCUT2D eigenvalue weighted by atomic mass is 9.85. The molecular weight excluding hydrogens is 254 g/mol. The summed E-state index contributed by atoms with van der Waals surface area (Å²) in [4.78, 5) is 7.19. The highest BCUT2D eigenvalue weighted by Gasteiger charge is 2.23. The molecular formula is C15H23N3S. The summed E-state index contributed by atoms with van der Waals surface area (Å²) in [6, 6.07) is 4.04. The molecule has 0 radical (unpaired) electrons. The normalized spacial score (nSPS) is 19.9. The Morgan fingerprint density at radius 3 is 2.95 bits per heavy atom. The first-order valence-corrected chi connectivity index (χ1v) is 7.35. The third-order valence-electron chi connectivity index (χ3n) is 3.95. The van der Waals surface area contributed by atoms with Crippen LogP contribution in [0.3, 0.4) is 0 Å². The molecule has 0 saturated carbocycles. The highest BCUT2D eigenvalue weighted by molar-refractivity contribution is 7.80. The van der Waals surface area contributed by atoms with Gasteiger partial charge in [0.25, 0.3) is 0 Å². The molecule has 0 spiro atoms. The molecule has 19 heavy (non-hydrogen) atoms. The van der Waals surface area contributed by atoms with Gasteiger partial charge in [-0.25, -0.2) is 0 Å². The largest absolute Gasteiger partial charge is 0.388 e. The molecule has 0 amide bonds. The maximum absolute atomic E-state index is 5.74. The molecule has 0 unspecified atom stereocenters. The fraction of sp³-hybridized carbons (Fsp3) is 0.600. The van der Waals surface area contributed by atoms with Crippen molar-refractivity contribution in [3.05, 3.63) is 29.6 Å². The smallest absolute Gasteiger partial charge is 0.123 e. The molecule has 1 aliphatic heterocycles. The van der Waals surface area contributed by atoms with E-state index in [2.05, 4.69) is 29.8 Å². The Hall–Kier alpha value is -1.00. The van der Waals surface area contributed by atoms with E-state index in [9.17, 15) is 0 Å². The summed E-state index contributed by atoms with van der Waals surface area (Å²) in [7, 11) is 0. The maximum Gasteiger partial charge on any atom is 0.123 e. The van der Waals surface area contributed by atoms with Crippen molar-refractivity contribution in [2.45, 2.75) is 39.7 Å². The van der Waals surface area contributed by atoms with Gasteiger partial charge in [0.15, 0.2) is 0 Å². The predicted molar refractivity (Wildman–Crippen MR) is 83.0 cm³/mol. The fourth-order valence-corrected chi connectivity index (χ4v) is 2.85. The summed E-state index contributed by atoms with van der Waals surface area (Å²) in [6.07, 6.45) is 5.56. The summed E-state index contributed by atoms with van der Waals surface area (Å²) in [5, 5.41) is 0. The van der Waals surface area contributed by atoms with Crippen LogP contribution in [0.25, 0.3) is 0 Å². The number of nitrogens with two attached hydrogens (primary N) is 1. The quantitative estimate of drug-likeness (QED) is 0.863. The maximum atomic E-state index is 5.74. The summed E-state index contributed by atoms with van der Waals surface area (Å²) in [5.41, 5.74) is 8.14. The van der Waals surface area contributed by atoms with Crippen LogP contribution in [-0.2, 0) is 6.54 Å². The molecule has 1 aliphatic rings. The Morgan fingerprint density at radius 2 is 2.21 bits per heavy atom. The van der Waals surface area contributed by atoms with Crippen molar-refractivity contribution < 1.29 is 0 Å². The monoisotopic (exact) mass is 277 g/mol. The number of aromatic nitrogens is 1. The van der Waals surface area contributed by atoms with Crippen LogP contribution >= 0.6 is 12.2 Å². The number of likely N-dealkylation sites (tertiary alicyclic amines) is 1. The Kier molecular flexibility index (Phi) is 4.53. The van der Waals surface area contributed by atoms with Crippen molar-refractivity contribution >= 4 is 17.2 Å². The second kappa shape index (κ2) is 5.97. The minimum atomic E-state index is 0.394. The van der Waals surface area contributed by atoms with Crippen LogP contribution in [-0.4, -0.2) is 28.0 Å². The summed E-state index contributed by atoms with van der Waals surface area (Å²) < 4.78 is 0. The lowest BCUT2D eigenvalue weighted by molar-refractivity contribution is 0.255. The zero-order chi connectivity index (χ0) is 13.9. The van der Waals surface area contributed by atoms with E-state index in [1.54, 1.807) is 6.20 Å². The van der Waals surface area contributed by atoms with Gasteiger partial charge in [0.1, 0.15) is 10.7 Å².